The zero-order valence-corrected chi connectivity index (χ0v) is 18.3. The van der Waals surface area contributed by atoms with Crippen LogP contribution in [0.5, 0.6) is 0 Å². The van der Waals surface area contributed by atoms with E-state index in [1.807, 2.05) is 19.1 Å². The van der Waals surface area contributed by atoms with E-state index in [9.17, 15) is 4.79 Å². The second kappa shape index (κ2) is 12.0. The van der Waals surface area contributed by atoms with E-state index in [-0.39, 0.29) is 36.8 Å². The normalized spacial score (nSPS) is 20.5. The number of carbonyl (C=O) groups is 1. The van der Waals surface area contributed by atoms with E-state index >= 15 is 0 Å². The van der Waals surface area contributed by atoms with Gasteiger partial charge in [0, 0.05) is 26.7 Å². The van der Waals surface area contributed by atoms with Crippen molar-refractivity contribution >= 4 is 30.7 Å². The summed E-state index contributed by atoms with van der Waals surface area (Å²) in [6.45, 7) is 7.74. The van der Waals surface area contributed by atoms with Crippen LogP contribution in [0, 0.1) is 12.3 Å². The predicted molar refractivity (Wildman–Crippen MR) is 112 cm³/mol. The van der Waals surface area contributed by atoms with Crippen LogP contribution in [0.1, 0.15) is 30.4 Å². The molecule has 2 fully saturated rings. The number of furan rings is 1. The SMILES string of the molecule is COCC1(C(=O)NCC(c2ccc(C)o2)N2CCOCC2)CCNCC1.Cl.Cl. The predicted octanol–water partition coefficient (Wildman–Crippen LogP) is 1.94. The highest BCUT2D eigenvalue weighted by Crippen LogP contribution is 2.30. The first kappa shape index (κ1) is 25.2. The first-order valence-corrected chi connectivity index (χ1v) is 9.51. The number of hydrogen-bond donors (Lipinski definition) is 2. The van der Waals surface area contributed by atoms with Gasteiger partial charge in [0.1, 0.15) is 11.5 Å². The van der Waals surface area contributed by atoms with Crippen LogP contribution < -0.4 is 10.6 Å². The summed E-state index contributed by atoms with van der Waals surface area (Å²) in [6.07, 6.45) is 1.60. The smallest absolute Gasteiger partial charge is 0.228 e. The number of piperidine rings is 1. The minimum Gasteiger partial charge on any atom is -0.465 e. The Morgan fingerprint density at radius 2 is 1.96 bits per heavy atom. The number of rotatable bonds is 7. The van der Waals surface area contributed by atoms with Gasteiger partial charge in [0.25, 0.3) is 0 Å². The molecule has 0 radical (unpaired) electrons. The molecule has 1 aromatic rings. The Bertz CT molecular complexity index is 582. The molecule has 28 heavy (non-hydrogen) atoms. The van der Waals surface area contributed by atoms with Gasteiger partial charge >= 0.3 is 0 Å². The van der Waals surface area contributed by atoms with Gasteiger partial charge < -0.3 is 24.5 Å². The molecule has 9 heteroatoms. The Morgan fingerprint density at radius 1 is 1.29 bits per heavy atom. The molecular weight excluding hydrogens is 405 g/mol. The van der Waals surface area contributed by atoms with Crippen LogP contribution in [0.25, 0.3) is 0 Å². The summed E-state index contributed by atoms with van der Waals surface area (Å²) in [4.78, 5) is 15.4. The summed E-state index contributed by atoms with van der Waals surface area (Å²) in [5.74, 6) is 1.87. The molecule has 0 saturated carbocycles. The van der Waals surface area contributed by atoms with E-state index in [4.69, 9.17) is 13.9 Å². The number of ether oxygens (including phenoxy) is 2. The van der Waals surface area contributed by atoms with Crippen LogP contribution in [0.2, 0.25) is 0 Å². The Hall–Kier alpha value is -0.830. The Labute approximate surface area is 179 Å². The lowest BCUT2D eigenvalue weighted by Crippen LogP contribution is -2.52. The van der Waals surface area contributed by atoms with E-state index in [0.717, 1.165) is 50.5 Å². The van der Waals surface area contributed by atoms with E-state index in [2.05, 4.69) is 15.5 Å². The molecule has 7 nitrogen and oxygen atoms in total. The zero-order valence-electron chi connectivity index (χ0n) is 16.7. The minimum atomic E-state index is -0.436. The lowest BCUT2D eigenvalue weighted by atomic mass is 9.78. The quantitative estimate of drug-likeness (QED) is 0.678. The van der Waals surface area contributed by atoms with E-state index < -0.39 is 5.41 Å². The van der Waals surface area contributed by atoms with E-state index in [0.29, 0.717) is 26.4 Å². The molecule has 0 aliphatic carbocycles. The summed E-state index contributed by atoms with van der Waals surface area (Å²) >= 11 is 0. The summed E-state index contributed by atoms with van der Waals surface area (Å²) < 4.78 is 16.7. The molecule has 1 aromatic heterocycles. The second-order valence-corrected chi connectivity index (χ2v) is 7.29. The molecule has 0 aromatic carbocycles. The number of morpholine rings is 1. The number of nitrogens with zero attached hydrogens (tertiary/aromatic N) is 1. The molecule has 1 atom stereocenters. The maximum absolute atomic E-state index is 13.0. The average molecular weight is 438 g/mol. The van der Waals surface area contributed by atoms with Crippen LogP contribution in [-0.4, -0.2) is 70.5 Å². The molecule has 3 rings (SSSR count). The number of carbonyl (C=O) groups excluding carboxylic acids is 1. The highest BCUT2D eigenvalue weighted by molar-refractivity contribution is 5.85. The maximum atomic E-state index is 13.0. The number of aryl methyl sites for hydroxylation is 1. The van der Waals surface area contributed by atoms with Crippen molar-refractivity contribution in [1.82, 2.24) is 15.5 Å². The van der Waals surface area contributed by atoms with Gasteiger partial charge in [0.05, 0.1) is 31.3 Å². The largest absolute Gasteiger partial charge is 0.465 e. The molecule has 162 valence electrons. The average Bonchev–Trinajstić information content (AvgIpc) is 3.10. The summed E-state index contributed by atoms with van der Waals surface area (Å²) in [7, 11) is 1.67. The monoisotopic (exact) mass is 437 g/mol. The van der Waals surface area contributed by atoms with Gasteiger partial charge in [-0.1, -0.05) is 0 Å². The fourth-order valence-electron chi connectivity index (χ4n) is 3.93. The third-order valence-electron chi connectivity index (χ3n) is 5.49. The fraction of sp³-hybridized carbons (Fsp3) is 0.737. The first-order valence-electron chi connectivity index (χ1n) is 9.51. The highest BCUT2D eigenvalue weighted by Gasteiger charge is 2.40. The lowest BCUT2D eigenvalue weighted by molar-refractivity contribution is -0.136. The molecule has 0 spiro atoms. The van der Waals surface area contributed by atoms with Gasteiger partial charge in [-0.25, -0.2) is 0 Å². The van der Waals surface area contributed by atoms with Gasteiger partial charge in [0.15, 0.2) is 0 Å². The van der Waals surface area contributed by atoms with Gasteiger partial charge in [-0.2, -0.15) is 0 Å². The fourth-order valence-corrected chi connectivity index (χ4v) is 3.93. The third kappa shape index (κ3) is 6.08. The van der Waals surface area contributed by atoms with Crippen LogP contribution in [0.15, 0.2) is 16.5 Å². The molecule has 3 heterocycles. The van der Waals surface area contributed by atoms with Crippen LogP contribution in [0.4, 0.5) is 0 Å². The van der Waals surface area contributed by atoms with Gasteiger partial charge in [0.2, 0.25) is 5.91 Å². The maximum Gasteiger partial charge on any atom is 0.228 e. The van der Waals surface area contributed by atoms with Crippen molar-refractivity contribution in [1.29, 1.82) is 0 Å². The Morgan fingerprint density at radius 3 is 2.54 bits per heavy atom. The third-order valence-corrected chi connectivity index (χ3v) is 5.49. The number of hydrogen-bond acceptors (Lipinski definition) is 6. The van der Waals surface area contributed by atoms with Crippen LogP contribution in [0.3, 0.4) is 0 Å². The van der Waals surface area contributed by atoms with Crippen molar-refractivity contribution < 1.29 is 18.7 Å². The number of nitrogens with one attached hydrogen (secondary N) is 2. The topological polar surface area (TPSA) is 76.0 Å². The molecule has 2 aliphatic rings. The van der Waals surface area contributed by atoms with E-state index in [1.165, 1.54) is 0 Å². The standard InChI is InChI=1S/C19H31N3O4.2ClH/c1-15-3-4-17(26-15)16(22-9-11-25-12-10-22)13-21-18(23)19(14-24-2)5-7-20-8-6-19;;/h3-4,16,20H,5-14H2,1-2H3,(H,21,23);2*1H. The summed E-state index contributed by atoms with van der Waals surface area (Å²) in [5, 5.41) is 6.52. The van der Waals surface area contributed by atoms with Crippen molar-refractivity contribution in [3.63, 3.8) is 0 Å². The van der Waals surface area contributed by atoms with Gasteiger partial charge in [-0.3, -0.25) is 9.69 Å². The molecule has 2 aliphatic heterocycles. The highest BCUT2D eigenvalue weighted by atomic mass is 35.5. The molecule has 1 unspecified atom stereocenters. The van der Waals surface area contributed by atoms with Crippen molar-refractivity contribution in [2.24, 2.45) is 5.41 Å². The van der Waals surface area contributed by atoms with Crippen molar-refractivity contribution in [3.05, 3.63) is 23.7 Å². The first-order chi connectivity index (χ1) is 12.6. The Kier molecular flexibility index (Phi) is 10.8. The lowest BCUT2D eigenvalue weighted by Gasteiger charge is -2.37. The molecule has 1 amide bonds. The van der Waals surface area contributed by atoms with Crippen molar-refractivity contribution in [3.8, 4) is 0 Å². The van der Waals surface area contributed by atoms with Crippen LogP contribution >= 0.6 is 24.8 Å². The second-order valence-electron chi connectivity index (χ2n) is 7.29. The van der Waals surface area contributed by atoms with Gasteiger partial charge in [-0.05, 0) is 45.0 Å². The van der Waals surface area contributed by atoms with E-state index in [1.54, 1.807) is 7.11 Å². The number of halogens is 2. The molecule has 0 bridgehead atoms. The summed E-state index contributed by atoms with van der Waals surface area (Å²) in [5.41, 5.74) is -0.436. The number of methoxy groups -OCH3 is 1. The zero-order chi connectivity index (χ0) is 18.4. The molecule has 2 saturated heterocycles. The summed E-state index contributed by atoms with van der Waals surface area (Å²) in [6, 6.07) is 4.01. The minimum absolute atomic E-state index is 0. The van der Waals surface area contributed by atoms with Crippen molar-refractivity contribution in [2.45, 2.75) is 25.8 Å². The number of amides is 1. The molecular formula is C19H33Cl2N3O4. The Balaban J connectivity index is 0.00000196. The van der Waals surface area contributed by atoms with Gasteiger partial charge in [-0.15, -0.1) is 24.8 Å². The van der Waals surface area contributed by atoms with Crippen molar-refractivity contribution in [2.75, 3.05) is 59.7 Å². The molecule has 2 N–H and O–H groups in total. The van der Waals surface area contributed by atoms with Crippen LogP contribution in [-0.2, 0) is 14.3 Å².